The normalized spacial score (nSPS) is 22.7. The molecule has 0 saturated carbocycles. The van der Waals surface area contributed by atoms with Crippen molar-refractivity contribution in [2.24, 2.45) is 5.92 Å². The summed E-state index contributed by atoms with van der Waals surface area (Å²) in [5, 5.41) is 11.9. The molecular formula is C14H18F3NO2. The van der Waals surface area contributed by atoms with Crippen molar-refractivity contribution in [1.29, 1.82) is 0 Å². The minimum absolute atomic E-state index is 0.123. The minimum atomic E-state index is -4.60. The van der Waals surface area contributed by atoms with Crippen LogP contribution in [0.25, 0.3) is 0 Å². The van der Waals surface area contributed by atoms with Crippen LogP contribution in [0.2, 0.25) is 0 Å². The van der Waals surface area contributed by atoms with Gasteiger partial charge in [-0.2, -0.15) is 13.2 Å². The van der Waals surface area contributed by atoms with Gasteiger partial charge in [0.2, 0.25) is 0 Å². The number of ether oxygens (including phenoxy) is 1. The molecule has 0 aliphatic carbocycles. The summed E-state index contributed by atoms with van der Waals surface area (Å²) in [6, 6.07) is 9.05. The first-order valence-electron chi connectivity index (χ1n) is 6.59. The molecule has 1 aromatic carbocycles. The molecule has 2 rings (SSSR count). The van der Waals surface area contributed by atoms with E-state index in [-0.39, 0.29) is 12.0 Å². The lowest BCUT2D eigenvalue weighted by molar-refractivity contribution is -0.202. The van der Waals surface area contributed by atoms with E-state index in [1.54, 1.807) is 0 Å². The predicted molar refractivity (Wildman–Crippen MR) is 68.2 cm³/mol. The summed E-state index contributed by atoms with van der Waals surface area (Å²) in [5.41, 5.74) is 0.914. The van der Waals surface area contributed by atoms with E-state index in [0.29, 0.717) is 13.2 Å². The van der Waals surface area contributed by atoms with Gasteiger partial charge in [-0.3, -0.25) is 0 Å². The summed E-state index contributed by atoms with van der Waals surface area (Å²) in [6.45, 7) is 0.631. The third-order valence-electron chi connectivity index (χ3n) is 3.50. The number of halogens is 3. The number of benzene rings is 1. The number of nitrogens with one attached hydrogen (secondary N) is 1. The van der Waals surface area contributed by atoms with E-state index in [0.717, 1.165) is 12.0 Å². The SMILES string of the molecule is O[C@H](CN[C@H](c1ccccc1)[C@@H]1CCOC1)C(F)(F)F. The fraction of sp³-hybridized carbons (Fsp3) is 0.571. The Balaban J connectivity index is 2.04. The average molecular weight is 289 g/mol. The van der Waals surface area contributed by atoms with E-state index >= 15 is 0 Å². The van der Waals surface area contributed by atoms with E-state index < -0.39 is 18.8 Å². The summed E-state index contributed by atoms with van der Waals surface area (Å²) in [7, 11) is 0. The van der Waals surface area contributed by atoms with Crippen LogP contribution in [0, 0.1) is 5.92 Å². The van der Waals surface area contributed by atoms with Crippen LogP contribution in [0.15, 0.2) is 30.3 Å². The molecule has 1 aliphatic rings. The highest BCUT2D eigenvalue weighted by Crippen LogP contribution is 2.29. The number of aliphatic hydroxyl groups is 1. The lowest BCUT2D eigenvalue weighted by Crippen LogP contribution is -2.41. The van der Waals surface area contributed by atoms with Gasteiger partial charge in [0, 0.05) is 25.1 Å². The quantitative estimate of drug-likeness (QED) is 0.874. The Morgan fingerprint density at radius 3 is 2.55 bits per heavy atom. The molecule has 2 N–H and O–H groups in total. The molecule has 20 heavy (non-hydrogen) atoms. The smallest absolute Gasteiger partial charge is 0.382 e. The zero-order valence-corrected chi connectivity index (χ0v) is 10.9. The van der Waals surface area contributed by atoms with Gasteiger partial charge in [0.05, 0.1) is 6.61 Å². The van der Waals surface area contributed by atoms with Crippen LogP contribution in [-0.2, 0) is 4.74 Å². The molecule has 1 fully saturated rings. The lowest BCUT2D eigenvalue weighted by atomic mass is 9.92. The summed E-state index contributed by atoms with van der Waals surface area (Å²) < 4.78 is 42.4. The van der Waals surface area contributed by atoms with Crippen molar-refractivity contribution in [3.63, 3.8) is 0 Å². The standard InChI is InChI=1S/C14H18F3NO2/c15-14(16,17)12(19)8-18-13(11-6-7-20-9-11)10-4-2-1-3-5-10/h1-5,11-13,18-19H,6-9H2/t11-,12-,13-/m1/s1. The molecule has 3 nitrogen and oxygen atoms in total. The van der Waals surface area contributed by atoms with Crippen LogP contribution in [-0.4, -0.2) is 37.1 Å². The van der Waals surface area contributed by atoms with Crippen molar-refractivity contribution in [2.45, 2.75) is 24.7 Å². The molecule has 0 bridgehead atoms. The fourth-order valence-electron chi connectivity index (χ4n) is 2.39. The van der Waals surface area contributed by atoms with Crippen LogP contribution in [0.5, 0.6) is 0 Å². The first-order valence-corrected chi connectivity index (χ1v) is 6.59. The Labute approximate surface area is 115 Å². The van der Waals surface area contributed by atoms with Crippen LogP contribution >= 0.6 is 0 Å². The van der Waals surface area contributed by atoms with Crippen molar-refractivity contribution in [3.8, 4) is 0 Å². The largest absolute Gasteiger partial charge is 0.415 e. The van der Waals surface area contributed by atoms with E-state index in [1.807, 2.05) is 30.3 Å². The van der Waals surface area contributed by atoms with Gasteiger partial charge in [-0.15, -0.1) is 0 Å². The van der Waals surface area contributed by atoms with E-state index in [9.17, 15) is 13.2 Å². The van der Waals surface area contributed by atoms with Gasteiger partial charge in [0.15, 0.2) is 6.10 Å². The van der Waals surface area contributed by atoms with Crippen molar-refractivity contribution in [1.82, 2.24) is 5.32 Å². The molecule has 0 amide bonds. The number of rotatable bonds is 5. The number of hydrogen-bond acceptors (Lipinski definition) is 3. The number of aliphatic hydroxyl groups excluding tert-OH is 1. The second kappa shape index (κ2) is 6.56. The Hall–Kier alpha value is -1.11. The Morgan fingerprint density at radius 1 is 1.30 bits per heavy atom. The first kappa shape index (κ1) is 15.3. The predicted octanol–water partition coefficient (Wildman–Crippen LogP) is 2.28. The first-order chi connectivity index (χ1) is 9.48. The van der Waals surface area contributed by atoms with Gasteiger partial charge < -0.3 is 15.2 Å². The van der Waals surface area contributed by atoms with Gasteiger partial charge in [-0.05, 0) is 12.0 Å². The Bertz CT molecular complexity index is 405. The van der Waals surface area contributed by atoms with E-state index in [2.05, 4.69) is 5.32 Å². The van der Waals surface area contributed by atoms with Crippen LogP contribution < -0.4 is 5.32 Å². The molecule has 1 aromatic rings. The molecule has 1 saturated heterocycles. The maximum absolute atomic E-state index is 12.4. The van der Waals surface area contributed by atoms with Crippen LogP contribution in [0.1, 0.15) is 18.0 Å². The van der Waals surface area contributed by atoms with Crippen molar-refractivity contribution in [2.75, 3.05) is 19.8 Å². The zero-order valence-electron chi connectivity index (χ0n) is 10.9. The number of hydrogen-bond donors (Lipinski definition) is 2. The molecule has 6 heteroatoms. The maximum atomic E-state index is 12.4. The van der Waals surface area contributed by atoms with Gasteiger partial charge in [-0.25, -0.2) is 0 Å². The Morgan fingerprint density at radius 2 is 2.00 bits per heavy atom. The molecule has 3 atom stereocenters. The third-order valence-corrected chi connectivity index (χ3v) is 3.50. The molecule has 0 aromatic heterocycles. The lowest BCUT2D eigenvalue weighted by Gasteiger charge is -2.26. The highest BCUT2D eigenvalue weighted by molar-refractivity contribution is 5.20. The minimum Gasteiger partial charge on any atom is -0.382 e. The summed E-state index contributed by atoms with van der Waals surface area (Å²) in [4.78, 5) is 0. The molecule has 0 unspecified atom stereocenters. The van der Waals surface area contributed by atoms with Gasteiger partial charge in [0.25, 0.3) is 0 Å². The van der Waals surface area contributed by atoms with Crippen molar-refractivity contribution in [3.05, 3.63) is 35.9 Å². The topological polar surface area (TPSA) is 41.5 Å². The van der Waals surface area contributed by atoms with Gasteiger partial charge in [0.1, 0.15) is 0 Å². The monoisotopic (exact) mass is 289 g/mol. The second-order valence-electron chi connectivity index (χ2n) is 4.98. The zero-order chi connectivity index (χ0) is 14.6. The van der Waals surface area contributed by atoms with Crippen LogP contribution in [0.4, 0.5) is 13.2 Å². The summed E-state index contributed by atoms with van der Waals surface area (Å²) in [6.07, 6.45) is -6.15. The summed E-state index contributed by atoms with van der Waals surface area (Å²) in [5.74, 6) is 0.123. The highest BCUT2D eigenvalue weighted by atomic mass is 19.4. The van der Waals surface area contributed by atoms with Gasteiger partial charge in [-0.1, -0.05) is 30.3 Å². The van der Waals surface area contributed by atoms with Gasteiger partial charge >= 0.3 is 6.18 Å². The van der Waals surface area contributed by atoms with Crippen molar-refractivity contribution >= 4 is 0 Å². The molecular weight excluding hydrogens is 271 g/mol. The van der Waals surface area contributed by atoms with E-state index in [4.69, 9.17) is 9.84 Å². The van der Waals surface area contributed by atoms with Crippen molar-refractivity contribution < 1.29 is 23.0 Å². The molecule has 1 aliphatic heterocycles. The Kier molecular flexibility index (Phi) is 5.01. The molecule has 112 valence electrons. The average Bonchev–Trinajstić information content (AvgIpc) is 2.93. The second-order valence-corrected chi connectivity index (χ2v) is 4.98. The maximum Gasteiger partial charge on any atom is 0.415 e. The van der Waals surface area contributed by atoms with E-state index in [1.165, 1.54) is 0 Å². The molecule has 0 radical (unpaired) electrons. The highest BCUT2D eigenvalue weighted by Gasteiger charge is 2.39. The summed E-state index contributed by atoms with van der Waals surface area (Å²) >= 11 is 0. The molecule has 0 spiro atoms. The number of alkyl halides is 3. The van der Waals surface area contributed by atoms with Crippen LogP contribution in [0.3, 0.4) is 0 Å². The fourth-order valence-corrected chi connectivity index (χ4v) is 2.39. The third kappa shape index (κ3) is 3.94. The molecule has 1 heterocycles.